The molecule has 0 aromatic carbocycles. The number of aldehydes is 1. The van der Waals surface area contributed by atoms with Crippen molar-refractivity contribution in [3.05, 3.63) is 11.8 Å². The number of carbonyl (C=O) groups is 1. The summed E-state index contributed by atoms with van der Waals surface area (Å²) in [7, 11) is 0. The van der Waals surface area contributed by atoms with Crippen LogP contribution in [0.15, 0.2) is 11.8 Å². The Morgan fingerprint density at radius 2 is 1.56 bits per heavy atom. The molecule has 14 nitrogen and oxygen atoms in total. The van der Waals surface area contributed by atoms with E-state index in [-0.39, 0.29) is 11.5 Å². The molecule has 1 aliphatic carbocycles. The van der Waals surface area contributed by atoms with Gasteiger partial charge in [0.15, 0.2) is 18.9 Å². The standard InChI is InChI=1S/C22H34O14/c1-8-2-3-22(31)9(4-23)6-32-19(12(8)22)36-21-18(30)16(28)14(26)11(35-21)7-33-20-17(29)15(27)13(25)10(5-24)34-20/h4,6,8,10-21,24-31H,2-3,5,7H2,1H3/t8-,10+,11+,12-,13+,14+,15-,16-,17+,18+,19-,20+,21-,22-/m0/s1. The van der Waals surface area contributed by atoms with Crippen LogP contribution >= 0.6 is 0 Å². The van der Waals surface area contributed by atoms with E-state index in [1.165, 1.54) is 0 Å². The van der Waals surface area contributed by atoms with Crippen LogP contribution < -0.4 is 0 Å². The molecule has 4 rings (SSSR count). The largest absolute Gasteiger partial charge is 0.471 e. The summed E-state index contributed by atoms with van der Waals surface area (Å²) in [5.74, 6) is -0.795. The predicted molar refractivity (Wildman–Crippen MR) is 113 cm³/mol. The maximum atomic E-state index is 11.4. The molecule has 0 bridgehead atoms. The van der Waals surface area contributed by atoms with Crippen LogP contribution in [0.5, 0.6) is 0 Å². The monoisotopic (exact) mass is 522 g/mol. The smallest absolute Gasteiger partial charge is 0.207 e. The molecule has 8 N–H and O–H groups in total. The lowest BCUT2D eigenvalue weighted by Crippen LogP contribution is -2.62. The number of hydrogen-bond donors (Lipinski definition) is 8. The molecule has 3 aliphatic heterocycles. The van der Waals surface area contributed by atoms with Crippen molar-refractivity contribution >= 4 is 6.29 Å². The number of fused-ring (bicyclic) bond motifs is 1. The fourth-order valence-electron chi connectivity index (χ4n) is 5.36. The molecule has 0 radical (unpaired) electrons. The first-order valence-electron chi connectivity index (χ1n) is 11.8. The van der Waals surface area contributed by atoms with Crippen LogP contribution in [-0.4, -0.2) is 134 Å². The first kappa shape index (κ1) is 27.8. The summed E-state index contributed by atoms with van der Waals surface area (Å²) in [6.45, 7) is 0.670. The second-order valence-corrected chi connectivity index (χ2v) is 9.84. The Morgan fingerprint density at radius 3 is 2.19 bits per heavy atom. The summed E-state index contributed by atoms with van der Waals surface area (Å²) < 4.78 is 27.6. The number of aliphatic hydroxyl groups is 8. The highest BCUT2D eigenvalue weighted by Crippen LogP contribution is 2.49. The van der Waals surface area contributed by atoms with Crippen LogP contribution in [0.25, 0.3) is 0 Å². The van der Waals surface area contributed by atoms with Gasteiger partial charge in [0.25, 0.3) is 0 Å². The summed E-state index contributed by atoms with van der Waals surface area (Å²) in [5.41, 5.74) is -1.42. The molecule has 0 spiro atoms. The van der Waals surface area contributed by atoms with Gasteiger partial charge < -0.3 is 64.5 Å². The number of rotatable bonds is 7. The van der Waals surface area contributed by atoms with Crippen molar-refractivity contribution in [2.45, 2.75) is 93.1 Å². The lowest BCUT2D eigenvalue weighted by atomic mass is 9.80. The van der Waals surface area contributed by atoms with Crippen LogP contribution in [0, 0.1) is 11.8 Å². The summed E-state index contributed by atoms with van der Waals surface area (Å²) in [6, 6.07) is 0. The molecule has 3 heterocycles. The molecule has 0 amide bonds. The fraction of sp³-hybridized carbons (Fsp3) is 0.864. The van der Waals surface area contributed by atoms with Crippen LogP contribution in [0.3, 0.4) is 0 Å². The van der Waals surface area contributed by atoms with Crippen molar-refractivity contribution in [2.24, 2.45) is 11.8 Å². The molecule has 4 aliphatic rings. The van der Waals surface area contributed by atoms with Gasteiger partial charge in [-0.25, -0.2) is 0 Å². The van der Waals surface area contributed by atoms with E-state index in [2.05, 4.69) is 0 Å². The highest BCUT2D eigenvalue weighted by atomic mass is 16.8. The first-order valence-corrected chi connectivity index (χ1v) is 11.8. The van der Waals surface area contributed by atoms with Gasteiger partial charge in [0.1, 0.15) is 54.4 Å². The van der Waals surface area contributed by atoms with E-state index in [0.29, 0.717) is 19.1 Å². The maximum absolute atomic E-state index is 11.4. The molecule has 2 saturated heterocycles. The van der Waals surface area contributed by atoms with Gasteiger partial charge in [-0.15, -0.1) is 0 Å². The van der Waals surface area contributed by atoms with Gasteiger partial charge in [0.2, 0.25) is 6.29 Å². The van der Waals surface area contributed by atoms with E-state index in [1.807, 2.05) is 6.92 Å². The highest BCUT2D eigenvalue weighted by molar-refractivity contribution is 5.76. The third-order valence-corrected chi connectivity index (χ3v) is 7.60. The van der Waals surface area contributed by atoms with Crippen LogP contribution in [0.4, 0.5) is 0 Å². The zero-order chi connectivity index (χ0) is 26.4. The van der Waals surface area contributed by atoms with Gasteiger partial charge in [-0.05, 0) is 18.8 Å². The lowest BCUT2D eigenvalue weighted by molar-refractivity contribution is -0.357. The van der Waals surface area contributed by atoms with Gasteiger partial charge >= 0.3 is 0 Å². The van der Waals surface area contributed by atoms with E-state index in [0.717, 1.165) is 6.26 Å². The molecule has 3 fully saturated rings. The van der Waals surface area contributed by atoms with E-state index in [4.69, 9.17) is 23.7 Å². The fourth-order valence-corrected chi connectivity index (χ4v) is 5.36. The summed E-state index contributed by atoms with van der Waals surface area (Å²) in [5, 5.41) is 81.6. The second kappa shape index (κ2) is 10.8. The molecular weight excluding hydrogens is 488 g/mol. The van der Waals surface area contributed by atoms with E-state index < -0.39 is 92.4 Å². The molecule has 0 aromatic heterocycles. The molecule has 0 unspecified atom stereocenters. The van der Waals surface area contributed by atoms with Crippen LogP contribution in [-0.2, 0) is 28.5 Å². The molecule has 1 saturated carbocycles. The second-order valence-electron chi connectivity index (χ2n) is 9.84. The molecule has 36 heavy (non-hydrogen) atoms. The minimum atomic E-state index is -1.74. The van der Waals surface area contributed by atoms with E-state index >= 15 is 0 Å². The van der Waals surface area contributed by atoms with Gasteiger partial charge in [0, 0.05) is 0 Å². The summed E-state index contributed by atoms with van der Waals surface area (Å²) in [6.07, 6.45) is -14.3. The van der Waals surface area contributed by atoms with E-state index in [9.17, 15) is 45.6 Å². The number of ether oxygens (including phenoxy) is 5. The van der Waals surface area contributed by atoms with Crippen LogP contribution in [0.2, 0.25) is 0 Å². The maximum Gasteiger partial charge on any atom is 0.207 e. The number of hydrogen-bond acceptors (Lipinski definition) is 14. The number of carbonyl (C=O) groups excluding carboxylic acids is 1. The Bertz CT molecular complexity index is 808. The Labute approximate surface area is 206 Å². The van der Waals surface area contributed by atoms with Gasteiger partial charge in [0.05, 0.1) is 31.0 Å². The minimum absolute atomic E-state index is 0.0723. The average molecular weight is 523 g/mol. The van der Waals surface area contributed by atoms with Crippen molar-refractivity contribution in [1.82, 2.24) is 0 Å². The van der Waals surface area contributed by atoms with Crippen molar-refractivity contribution in [1.29, 1.82) is 0 Å². The predicted octanol–water partition coefficient (Wildman–Crippen LogP) is -4.16. The first-order chi connectivity index (χ1) is 17.0. The summed E-state index contributed by atoms with van der Waals surface area (Å²) >= 11 is 0. The Hall–Kier alpha value is -1.27. The zero-order valence-electron chi connectivity index (χ0n) is 19.5. The van der Waals surface area contributed by atoms with Crippen molar-refractivity contribution in [2.75, 3.05) is 13.2 Å². The van der Waals surface area contributed by atoms with Crippen molar-refractivity contribution in [3.63, 3.8) is 0 Å². The van der Waals surface area contributed by atoms with Gasteiger partial charge in [-0.2, -0.15) is 0 Å². The average Bonchev–Trinajstić information content (AvgIpc) is 3.18. The molecule has 14 atom stereocenters. The van der Waals surface area contributed by atoms with Crippen LogP contribution in [0.1, 0.15) is 19.8 Å². The zero-order valence-corrected chi connectivity index (χ0v) is 19.5. The molecule has 206 valence electrons. The van der Waals surface area contributed by atoms with E-state index in [1.54, 1.807) is 0 Å². The minimum Gasteiger partial charge on any atom is -0.471 e. The number of aliphatic hydroxyl groups excluding tert-OH is 7. The van der Waals surface area contributed by atoms with Gasteiger partial charge in [-0.1, -0.05) is 6.92 Å². The topological polar surface area (TPSA) is 225 Å². The molecular formula is C22H34O14. The van der Waals surface area contributed by atoms with Crippen molar-refractivity contribution < 1.29 is 69.3 Å². The SMILES string of the molecule is C[C@H]1CC[C@]2(O)C(C=O)=CO[C@@H](O[C@@H]3O[C@H](CO[C@@H]4O[C@H](CO)[C@@H](O)[C@H](O)[C@H]4O)[C@@H](O)[C@H](O)[C@H]3O)[C@H]12. The lowest BCUT2D eigenvalue weighted by Gasteiger charge is -2.45. The van der Waals surface area contributed by atoms with Gasteiger partial charge in [-0.3, -0.25) is 4.79 Å². The Morgan fingerprint density at radius 1 is 0.944 bits per heavy atom. The third-order valence-electron chi connectivity index (χ3n) is 7.60. The molecule has 14 heteroatoms. The Kier molecular flexibility index (Phi) is 8.36. The normalized spacial score (nSPS) is 51.2. The quantitative estimate of drug-likeness (QED) is 0.149. The Balaban J connectivity index is 1.44. The molecule has 0 aromatic rings. The summed E-state index contributed by atoms with van der Waals surface area (Å²) in [4.78, 5) is 11.4. The third kappa shape index (κ3) is 4.81. The highest BCUT2D eigenvalue weighted by Gasteiger charge is 2.57. The van der Waals surface area contributed by atoms with Crippen molar-refractivity contribution in [3.8, 4) is 0 Å².